The van der Waals surface area contributed by atoms with Gasteiger partial charge in [-0.2, -0.15) is 0 Å². The predicted molar refractivity (Wildman–Crippen MR) is 111 cm³/mol. The minimum atomic E-state index is -0.214. The lowest BCUT2D eigenvalue weighted by atomic mass is 9.95. The molecule has 0 saturated heterocycles. The molecule has 1 aliphatic carbocycles. The van der Waals surface area contributed by atoms with Crippen molar-refractivity contribution in [2.24, 2.45) is 0 Å². The molecular formula is C22H23ClN4O. The Bertz CT molecular complexity index is 974. The smallest absolute Gasteiger partial charge is 0.291 e. The average molecular weight is 395 g/mol. The SMILES string of the molecule is Cc1cccc(-c2nc(C(=O)NC3CCCCC3)nn2-c2ccc(Cl)cc2)c1. The van der Waals surface area contributed by atoms with Crippen molar-refractivity contribution in [3.63, 3.8) is 0 Å². The van der Waals surface area contributed by atoms with E-state index in [1.165, 1.54) is 6.42 Å². The number of hydrogen-bond donors (Lipinski definition) is 1. The van der Waals surface area contributed by atoms with E-state index in [1.54, 1.807) is 16.8 Å². The second-order valence-corrected chi connectivity index (χ2v) is 7.76. The summed E-state index contributed by atoms with van der Waals surface area (Å²) in [6.07, 6.45) is 5.61. The van der Waals surface area contributed by atoms with Gasteiger partial charge in [-0.15, -0.1) is 5.10 Å². The third kappa shape index (κ3) is 4.09. The monoisotopic (exact) mass is 394 g/mol. The summed E-state index contributed by atoms with van der Waals surface area (Å²) in [5, 5.41) is 8.28. The van der Waals surface area contributed by atoms with Gasteiger partial charge in [-0.05, 0) is 50.1 Å². The Labute approximate surface area is 169 Å². The molecule has 4 rings (SSSR count). The Morgan fingerprint density at radius 3 is 2.57 bits per heavy atom. The number of aryl methyl sites for hydroxylation is 1. The Kier molecular flexibility index (Phi) is 5.44. The van der Waals surface area contributed by atoms with Crippen molar-refractivity contribution in [2.45, 2.75) is 45.1 Å². The van der Waals surface area contributed by atoms with Crippen molar-refractivity contribution in [3.8, 4) is 17.1 Å². The number of halogens is 1. The molecule has 0 atom stereocenters. The molecule has 0 spiro atoms. The fourth-order valence-electron chi connectivity index (χ4n) is 3.64. The molecular weight excluding hydrogens is 372 g/mol. The zero-order valence-corrected chi connectivity index (χ0v) is 16.6. The van der Waals surface area contributed by atoms with Crippen molar-refractivity contribution >= 4 is 17.5 Å². The standard InChI is InChI=1S/C22H23ClN4O/c1-15-6-5-7-16(14-15)21-25-20(22(28)24-18-8-3-2-4-9-18)26-27(21)19-12-10-17(23)11-13-19/h5-7,10-14,18H,2-4,8-9H2,1H3,(H,24,28). The summed E-state index contributed by atoms with van der Waals surface area (Å²) in [5.74, 6) is 0.616. The lowest BCUT2D eigenvalue weighted by molar-refractivity contribution is 0.0917. The fraction of sp³-hybridized carbons (Fsp3) is 0.318. The Morgan fingerprint density at radius 1 is 1.11 bits per heavy atom. The second-order valence-electron chi connectivity index (χ2n) is 7.33. The van der Waals surface area contributed by atoms with E-state index in [0.29, 0.717) is 10.8 Å². The fourth-order valence-corrected chi connectivity index (χ4v) is 3.76. The molecule has 0 bridgehead atoms. The van der Waals surface area contributed by atoms with Crippen molar-refractivity contribution in [1.29, 1.82) is 0 Å². The van der Waals surface area contributed by atoms with Crippen LogP contribution in [0.1, 0.15) is 48.3 Å². The number of amides is 1. The lowest BCUT2D eigenvalue weighted by Crippen LogP contribution is -2.36. The molecule has 1 saturated carbocycles. The van der Waals surface area contributed by atoms with Crippen LogP contribution in [0.15, 0.2) is 48.5 Å². The van der Waals surface area contributed by atoms with Crippen LogP contribution in [0, 0.1) is 6.92 Å². The highest BCUT2D eigenvalue weighted by molar-refractivity contribution is 6.30. The van der Waals surface area contributed by atoms with Gasteiger partial charge in [0.2, 0.25) is 5.82 Å². The van der Waals surface area contributed by atoms with Gasteiger partial charge >= 0.3 is 0 Å². The maximum Gasteiger partial charge on any atom is 0.291 e. The first-order chi connectivity index (χ1) is 13.6. The summed E-state index contributed by atoms with van der Waals surface area (Å²) in [5.41, 5.74) is 2.85. The van der Waals surface area contributed by atoms with Crippen molar-refractivity contribution < 1.29 is 4.79 Å². The van der Waals surface area contributed by atoms with E-state index in [4.69, 9.17) is 11.6 Å². The molecule has 1 heterocycles. The molecule has 2 aromatic carbocycles. The van der Waals surface area contributed by atoms with E-state index >= 15 is 0 Å². The van der Waals surface area contributed by atoms with Crippen LogP contribution in [0.5, 0.6) is 0 Å². The molecule has 28 heavy (non-hydrogen) atoms. The van der Waals surface area contributed by atoms with Gasteiger partial charge in [-0.1, -0.05) is 54.6 Å². The first kappa shape index (κ1) is 18.7. The average Bonchev–Trinajstić information content (AvgIpc) is 3.15. The van der Waals surface area contributed by atoms with Crippen LogP contribution >= 0.6 is 11.6 Å². The van der Waals surface area contributed by atoms with E-state index in [2.05, 4.69) is 15.4 Å². The number of benzene rings is 2. The van der Waals surface area contributed by atoms with Gasteiger partial charge in [0.25, 0.3) is 5.91 Å². The number of nitrogens with zero attached hydrogens (tertiary/aromatic N) is 3. The molecule has 0 radical (unpaired) electrons. The summed E-state index contributed by atoms with van der Waals surface area (Å²) in [6.45, 7) is 2.03. The number of hydrogen-bond acceptors (Lipinski definition) is 3. The Morgan fingerprint density at radius 2 is 1.86 bits per heavy atom. The number of carbonyl (C=O) groups is 1. The van der Waals surface area contributed by atoms with Crippen molar-refractivity contribution in [1.82, 2.24) is 20.1 Å². The largest absolute Gasteiger partial charge is 0.347 e. The van der Waals surface area contributed by atoms with Crippen LogP contribution in [0.3, 0.4) is 0 Å². The van der Waals surface area contributed by atoms with E-state index in [9.17, 15) is 4.79 Å². The molecule has 1 aromatic heterocycles. The first-order valence-electron chi connectivity index (χ1n) is 9.71. The topological polar surface area (TPSA) is 59.8 Å². The maximum absolute atomic E-state index is 12.8. The van der Waals surface area contributed by atoms with Crippen LogP contribution in [0.2, 0.25) is 5.02 Å². The van der Waals surface area contributed by atoms with Crippen LogP contribution in [0.4, 0.5) is 0 Å². The number of nitrogens with one attached hydrogen (secondary N) is 1. The molecule has 1 amide bonds. The first-order valence-corrected chi connectivity index (χ1v) is 10.1. The Balaban J connectivity index is 1.71. The summed E-state index contributed by atoms with van der Waals surface area (Å²) in [7, 11) is 0. The van der Waals surface area contributed by atoms with Gasteiger partial charge in [0.05, 0.1) is 5.69 Å². The third-order valence-electron chi connectivity index (χ3n) is 5.10. The zero-order chi connectivity index (χ0) is 19.5. The van der Waals surface area contributed by atoms with Gasteiger partial charge in [0, 0.05) is 16.6 Å². The molecule has 5 nitrogen and oxygen atoms in total. The van der Waals surface area contributed by atoms with Gasteiger partial charge in [0.15, 0.2) is 5.82 Å². The van der Waals surface area contributed by atoms with Crippen molar-refractivity contribution in [2.75, 3.05) is 0 Å². The maximum atomic E-state index is 12.8. The molecule has 0 aliphatic heterocycles. The normalized spacial score (nSPS) is 14.8. The lowest BCUT2D eigenvalue weighted by Gasteiger charge is -2.21. The van der Waals surface area contributed by atoms with E-state index in [0.717, 1.165) is 42.5 Å². The van der Waals surface area contributed by atoms with E-state index in [1.807, 2.05) is 43.3 Å². The van der Waals surface area contributed by atoms with E-state index < -0.39 is 0 Å². The second kappa shape index (κ2) is 8.15. The number of aromatic nitrogens is 3. The van der Waals surface area contributed by atoms with Crippen LogP contribution in [0.25, 0.3) is 17.1 Å². The summed E-state index contributed by atoms with van der Waals surface area (Å²) >= 11 is 6.03. The van der Waals surface area contributed by atoms with E-state index in [-0.39, 0.29) is 17.8 Å². The molecule has 1 aliphatic rings. The summed E-state index contributed by atoms with van der Waals surface area (Å²) in [4.78, 5) is 17.4. The van der Waals surface area contributed by atoms with Crippen LogP contribution in [-0.2, 0) is 0 Å². The van der Waals surface area contributed by atoms with Gasteiger partial charge < -0.3 is 5.32 Å². The predicted octanol–water partition coefficient (Wildman–Crippen LogP) is 4.96. The highest BCUT2D eigenvalue weighted by Gasteiger charge is 2.22. The highest BCUT2D eigenvalue weighted by Crippen LogP contribution is 2.24. The number of carbonyl (C=O) groups excluding carboxylic acids is 1. The molecule has 3 aromatic rings. The molecule has 1 fully saturated rings. The number of rotatable bonds is 4. The molecule has 144 valence electrons. The molecule has 0 unspecified atom stereocenters. The molecule has 6 heteroatoms. The Hall–Kier alpha value is -2.66. The van der Waals surface area contributed by atoms with Gasteiger partial charge in [-0.3, -0.25) is 4.79 Å². The summed E-state index contributed by atoms with van der Waals surface area (Å²) in [6, 6.07) is 15.6. The van der Waals surface area contributed by atoms with Crippen LogP contribution in [-0.4, -0.2) is 26.7 Å². The molecule has 1 N–H and O–H groups in total. The highest BCUT2D eigenvalue weighted by atomic mass is 35.5. The summed E-state index contributed by atoms with van der Waals surface area (Å²) < 4.78 is 1.71. The van der Waals surface area contributed by atoms with Crippen molar-refractivity contribution in [3.05, 3.63) is 64.9 Å². The minimum absolute atomic E-state index is 0.192. The third-order valence-corrected chi connectivity index (χ3v) is 5.35. The van der Waals surface area contributed by atoms with Gasteiger partial charge in [0.1, 0.15) is 0 Å². The quantitative estimate of drug-likeness (QED) is 0.680. The zero-order valence-electron chi connectivity index (χ0n) is 15.9. The van der Waals surface area contributed by atoms with Crippen LogP contribution < -0.4 is 5.32 Å². The minimum Gasteiger partial charge on any atom is -0.347 e. The van der Waals surface area contributed by atoms with Gasteiger partial charge in [-0.25, -0.2) is 9.67 Å².